The Morgan fingerprint density at radius 3 is 2.36 bits per heavy atom. The predicted octanol–water partition coefficient (Wildman–Crippen LogP) is 1.94. The fourth-order valence-corrected chi connectivity index (χ4v) is 2.69. The molecule has 6 nitrogen and oxygen atoms in total. The molecule has 10 heteroatoms. The number of hydrogen-bond donors (Lipinski definition) is 1. The first-order valence-corrected chi connectivity index (χ1v) is 8.09. The lowest BCUT2D eigenvalue weighted by molar-refractivity contribution is -0.142. The van der Waals surface area contributed by atoms with Gasteiger partial charge in [0.2, 0.25) is 5.91 Å². The number of thiocarbonyl (C=S) groups is 1. The maximum Gasteiger partial charge on any atom is 0.435 e. The zero-order valence-corrected chi connectivity index (χ0v) is 14.9. The van der Waals surface area contributed by atoms with Crippen molar-refractivity contribution >= 4 is 29.4 Å². The standard InChI is InChI=1S/C13H17F3N4OS.C2H4O/c1-8-6-10(13(14,15)16)18-20(8)7-11(21)19-4-2-9(3-5-19)12(17)22;1-2-3/h6,9H,2-5,7H2,1H3,(H2,17,22);2H,1H3. The molecule has 0 spiro atoms. The quantitative estimate of drug-likeness (QED) is 0.642. The van der Waals surface area contributed by atoms with Crippen molar-refractivity contribution in [3.05, 3.63) is 17.5 Å². The van der Waals surface area contributed by atoms with E-state index in [1.165, 1.54) is 13.8 Å². The van der Waals surface area contributed by atoms with Crippen LogP contribution in [0.4, 0.5) is 13.2 Å². The first kappa shape index (κ1) is 21.1. The molecule has 0 unspecified atom stereocenters. The average Bonchev–Trinajstić information content (AvgIpc) is 2.89. The van der Waals surface area contributed by atoms with Crippen LogP contribution in [0.5, 0.6) is 0 Å². The van der Waals surface area contributed by atoms with Crippen LogP contribution in [-0.2, 0) is 22.3 Å². The molecular formula is C15H21F3N4O2S. The molecule has 0 atom stereocenters. The molecule has 140 valence electrons. The number of likely N-dealkylation sites (tertiary alicyclic amines) is 1. The van der Waals surface area contributed by atoms with Crippen LogP contribution >= 0.6 is 12.2 Å². The van der Waals surface area contributed by atoms with E-state index in [1.807, 2.05) is 0 Å². The molecule has 2 heterocycles. The number of alkyl halides is 3. The number of halogens is 3. The van der Waals surface area contributed by atoms with Gasteiger partial charge in [-0.3, -0.25) is 9.48 Å². The van der Waals surface area contributed by atoms with Crippen molar-refractivity contribution < 1.29 is 22.8 Å². The molecule has 2 N–H and O–H groups in total. The number of nitrogens with zero attached hydrogens (tertiary/aromatic N) is 3. The van der Waals surface area contributed by atoms with Gasteiger partial charge in [0.25, 0.3) is 0 Å². The summed E-state index contributed by atoms with van der Waals surface area (Å²) in [5.41, 5.74) is 4.91. The third kappa shape index (κ3) is 6.11. The van der Waals surface area contributed by atoms with Crippen LogP contribution < -0.4 is 5.73 Å². The average molecular weight is 378 g/mol. The number of carbonyl (C=O) groups is 2. The van der Waals surface area contributed by atoms with Gasteiger partial charge in [-0.25, -0.2) is 0 Å². The van der Waals surface area contributed by atoms with E-state index in [-0.39, 0.29) is 18.4 Å². The van der Waals surface area contributed by atoms with Crippen LogP contribution in [0, 0.1) is 12.8 Å². The normalized spacial score (nSPS) is 15.3. The van der Waals surface area contributed by atoms with Crippen molar-refractivity contribution in [2.24, 2.45) is 11.7 Å². The first-order chi connectivity index (χ1) is 11.6. The van der Waals surface area contributed by atoms with Crippen molar-refractivity contribution in [1.82, 2.24) is 14.7 Å². The Bertz CT molecular complexity index is 623. The largest absolute Gasteiger partial charge is 0.435 e. The Hall–Kier alpha value is -1.97. The van der Waals surface area contributed by atoms with Gasteiger partial charge in [-0.1, -0.05) is 12.2 Å². The highest BCUT2D eigenvalue weighted by atomic mass is 32.1. The molecule has 0 bridgehead atoms. The minimum absolute atomic E-state index is 0.127. The molecule has 1 amide bonds. The van der Waals surface area contributed by atoms with E-state index >= 15 is 0 Å². The molecule has 25 heavy (non-hydrogen) atoms. The van der Waals surface area contributed by atoms with E-state index in [2.05, 4.69) is 5.10 Å². The van der Waals surface area contributed by atoms with E-state index in [1.54, 1.807) is 4.90 Å². The Morgan fingerprint density at radius 1 is 1.44 bits per heavy atom. The minimum Gasteiger partial charge on any atom is -0.393 e. The summed E-state index contributed by atoms with van der Waals surface area (Å²) in [6.45, 7) is 3.76. The lowest BCUT2D eigenvalue weighted by atomic mass is 9.97. The number of amides is 1. The van der Waals surface area contributed by atoms with Crippen molar-refractivity contribution in [3.63, 3.8) is 0 Å². The predicted molar refractivity (Wildman–Crippen MR) is 89.8 cm³/mol. The molecular weight excluding hydrogens is 357 g/mol. The highest BCUT2D eigenvalue weighted by Gasteiger charge is 2.34. The summed E-state index contributed by atoms with van der Waals surface area (Å²) in [7, 11) is 0. The molecule has 1 fully saturated rings. The van der Waals surface area contributed by atoms with Gasteiger partial charge in [-0.2, -0.15) is 18.3 Å². The van der Waals surface area contributed by atoms with Crippen LogP contribution in [0.1, 0.15) is 31.2 Å². The number of rotatable bonds is 3. The SMILES string of the molecule is CC=O.Cc1cc(C(F)(F)F)nn1CC(=O)N1CCC(C(N)=S)CC1. The number of aromatic nitrogens is 2. The third-order valence-corrected chi connectivity index (χ3v) is 4.14. The maximum atomic E-state index is 12.6. The van der Waals surface area contributed by atoms with Crippen molar-refractivity contribution in [2.45, 2.75) is 39.4 Å². The number of carbonyl (C=O) groups excluding carboxylic acids is 2. The van der Waals surface area contributed by atoms with Gasteiger partial charge >= 0.3 is 6.18 Å². The lowest BCUT2D eigenvalue weighted by Crippen LogP contribution is -2.42. The summed E-state index contributed by atoms with van der Waals surface area (Å²) >= 11 is 4.93. The fraction of sp³-hybridized carbons (Fsp3) is 0.600. The number of piperidine rings is 1. The molecule has 0 radical (unpaired) electrons. The summed E-state index contributed by atoms with van der Waals surface area (Å²) in [5.74, 6) is -0.122. The van der Waals surface area contributed by atoms with E-state index < -0.39 is 11.9 Å². The molecule has 2 rings (SSSR count). The zero-order valence-electron chi connectivity index (χ0n) is 14.0. The van der Waals surface area contributed by atoms with Crippen LogP contribution in [0.3, 0.4) is 0 Å². The number of aldehydes is 1. The molecule has 0 saturated carbocycles. The van der Waals surface area contributed by atoms with Gasteiger partial charge in [0, 0.05) is 24.7 Å². The van der Waals surface area contributed by atoms with E-state index in [9.17, 15) is 18.0 Å². The summed E-state index contributed by atoms with van der Waals surface area (Å²) in [5, 5.41) is 3.46. The van der Waals surface area contributed by atoms with Gasteiger partial charge in [0.1, 0.15) is 12.8 Å². The Balaban J connectivity index is 0.000000970. The Morgan fingerprint density at radius 2 is 1.96 bits per heavy atom. The van der Waals surface area contributed by atoms with E-state index in [4.69, 9.17) is 22.7 Å². The lowest BCUT2D eigenvalue weighted by Gasteiger charge is -2.31. The minimum atomic E-state index is -4.51. The Labute approximate surface area is 149 Å². The monoisotopic (exact) mass is 378 g/mol. The highest BCUT2D eigenvalue weighted by Crippen LogP contribution is 2.28. The molecule has 1 aliphatic heterocycles. The van der Waals surface area contributed by atoms with E-state index in [0.717, 1.165) is 17.0 Å². The summed E-state index contributed by atoms with van der Waals surface area (Å²) < 4.78 is 38.9. The van der Waals surface area contributed by atoms with Crippen LogP contribution in [0.25, 0.3) is 0 Å². The molecule has 1 aromatic rings. The Kier molecular flexibility index (Phi) is 7.53. The van der Waals surface area contributed by atoms with Gasteiger partial charge < -0.3 is 15.4 Å². The van der Waals surface area contributed by atoms with Crippen molar-refractivity contribution in [1.29, 1.82) is 0 Å². The fourth-order valence-electron chi connectivity index (χ4n) is 2.45. The van der Waals surface area contributed by atoms with Crippen molar-refractivity contribution in [3.8, 4) is 0 Å². The summed E-state index contributed by atoms with van der Waals surface area (Å²) in [6.07, 6.45) is -2.38. The maximum absolute atomic E-state index is 12.6. The molecule has 1 aliphatic rings. The number of nitrogens with two attached hydrogens (primary N) is 1. The van der Waals surface area contributed by atoms with Crippen LogP contribution in [0.15, 0.2) is 6.07 Å². The molecule has 1 aromatic heterocycles. The summed E-state index contributed by atoms with van der Waals surface area (Å²) in [4.78, 5) is 23.0. The topological polar surface area (TPSA) is 81.2 Å². The third-order valence-electron chi connectivity index (χ3n) is 3.81. The second kappa shape index (κ2) is 8.93. The highest BCUT2D eigenvalue weighted by molar-refractivity contribution is 7.80. The number of hydrogen-bond acceptors (Lipinski definition) is 4. The van der Waals surface area contributed by atoms with Crippen LogP contribution in [0.2, 0.25) is 0 Å². The smallest absolute Gasteiger partial charge is 0.393 e. The van der Waals surface area contributed by atoms with E-state index in [0.29, 0.717) is 36.6 Å². The van der Waals surface area contributed by atoms with Crippen LogP contribution in [-0.4, -0.2) is 45.0 Å². The van der Waals surface area contributed by atoms with Gasteiger partial charge in [-0.05, 0) is 32.8 Å². The van der Waals surface area contributed by atoms with Gasteiger partial charge in [0.05, 0.1) is 4.99 Å². The molecule has 0 aromatic carbocycles. The van der Waals surface area contributed by atoms with Gasteiger partial charge in [-0.15, -0.1) is 0 Å². The zero-order chi connectivity index (χ0) is 19.2. The summed E-state index contributed by atoms with van der Waals surface area (Å²) in [6, 6.07) is 0.937. The molecule has 0 aliphatic carbocycles. The second-order valence-corrected chi connectivity index (χ2v) is 6.09. The first-order valence-electron chi connectivity index (χ1n) is 7.68. The number of aryl methyl sites for hydroxylation is 1. The second-order valence-electron chi connectivity index (χ2n) is 5.62. The van der Waals surface area contributed by atoms with Crippen molar-refractivity contribution in [2.75, 3.05) is 13.1 Å². The molecule has 1 saturated heterocycles. The van der Waals surface area contributed by atoms with Gasteiger partial charge in [0.15, 0.2) is 5.69 Å².